The van der Waals surface area contributed by atoms with Gasteiger partial charge in [0.05, 0.1) is 6.10 Å². The Morgan fingerprint density at radius 2 is 1.94 bits per heavy atom. The molecule has 1 rings (SSSR count). The van der Waals surface area contributed by atoms with Crippen molar-refractivity contribution in [3.8, 4) is 0 Å². The highest BCUT2D eigenvalue weighted by Crippen LogP contribution is 2.30. The van der Waals surface area contributed by atoms with Crippen molar-refractivity contribution in [3.63, 3.8) is 0 Å². The van der Waals surface area contributed by atoms with Gasteiger partial charge < -0.3 is 10.1 Å². The van der Waals surface area contributed by atoms with Gasteiger partial charge in [0.2, 0.25) is 5.91 Å². The molecule has 104 valence electrons. The van der Waals surface area contributed by atoms with Crippen LogP contribution in [0.5, 0.6) is 0 Å². The van der Waals surface area contributed by atoms with E-state index in [0.717, 1.165) is 31.3 Å². The lowest BCUT2D eigenvalue weighted by molar-refractivity contribution is -0.116. The zero-order valence-electron chi connectivity index (χ0n) is 11.8. The van der Waals surface area contributed by atoms with Gasteiger partial charge in [0, 0.05) is 13.2 Å². The highest BCUT2D eigenvalue weighted by molar-refractivity contribution is 5.86. The molecular formula is C15H27NO2. The van der Waals surface area contributed by atoms with Crippen LogP contribution in [0.2, 0.25) is 0 Å². The number of unbranched alkanes of at least 4 members (excludes halogenated alkanes) is 1. The Balaban J connectivity index is 2.00. The first-order valence-electron chi connectivity index (χ1n) is 7.13. The van der Waals surface area contributed by atoms with Crippen LogP contribution in [0.3, 0.4) is 0 Å². The molecule has 1 fully saturated rings. The predicted octanol–water partition coefficient (Wildman–Crippen LogP) is 2.91. The zero-order chi connectivity index (χ0) is 13.4. The molecule has 2 unspecified atom stereocenters. The maximum atomic E-state index is 10.9. The predicted molar refractivity (Wildman–Crippen MR) is 74.4 cm³/mol. The van der Waals surface area contributed by atoms with E-state index in [9.17, 15) is 4.79 Å². The maximum Gasteiger partial charge on any atom is 0.243 e. The molecule has 1 aliphatic carbocycles. The topological polar surface area (TPSA) is 38.3 Å². The van der Waals surface area contributed by atoms with Crippen LogP contribution in [0, 0.1) is 11.8 Å². The van der Waals surface area contributed by atoms with Crippen LogP contribution in [0.4, 0.5) is 0 Å². The van der Waals surface area contributed by atoms with Gasteiger partial charge in [0.1, 0.15) is 0 Å². The summed E-state index contributed by atoms with van der Waals surface area (Å²) in [7, 11) is 0. The van der Waals surface area contributed by atoms with Crippen LogP contribution in [-0.4, -0.2) is 25.2 Å². The number of carbonyl (C=O) groups is 1. The van der Waals surface area contributed by atoms with Crippen molar-refractivity contribution in [1.29, 1.82) is 0 Å². The van der Waals surface area contributed by atoms with Gasteiger partial charge in [0.25, 0.3) is 0 Å². The zero-order valence-corrected chi connectivity index (χ0v) is 11.8. The SMILES string of the molecule is C=CC(=O)NCCCCOC1CC(C)CC(C)C1. The lowest BCUT2D eigenvalue weighted by atomic mass is 9.82. The number of hydrogen-bond donors (Lipinski definition) is 1. The minimum Gasteiger partial charge on any atom is -0.378 e. The molecule has 1 amide bonds. The molecule has 3 heteroatoms. The van der Waals surface area contributed by atoms with Crippen molar-refractivity contribution in [2.75, 3.05) is 13.2 Å². The molecule has 2 atom stereocenters. The van der Waals surface area contributed by atoms with Gasteiger partial charge in [0.15, 0.2) is 0 Å². The minimum absolute atomic E-state index is 0.0918. The third kappa shape index (κ3) is 6.20. The summed E-state index contributed by atoms with van der Waals surface area (Å²) in [5, 5.41) is 2.77. The molecule has 0 bridgehead atoms. The Labute approximate surface area is 111 Å². The van der Waals surface area contributed by atoms with Gasteiger partial charge in [-0.2, -0.15) is 0 Å². The van der Waals surface area contributed by atoms with Gasteiger partial charge in [-0.3, -0.25) is 4.79 Å². The molecule has 0 aliphatic heterocycles. The van der Waals surface area contributed by atoms with Crippen molar-refractivity contribution in [2.45, 2.75) is 52.1 Å². The molecule has 0 radical (unpaired) electrons. The summed E-state index contributed by atoms with van der Waals surface area (Å²) < 4.78 is 5.92. The van der Waals surface area contributed by atoms with E-state index >= 15 is 0 Å². The summed E-state index contributed by atoms with van der Waals surface area (Å²) in [5.41, 5.74) is 0. The molecular weight excluding hydrogens is 226 g/mol. The second kappa shape index (κ2) is 8.30. The largest absolute Gasteiger partial charge is 0.378 e. The summed E-state index contributed by atoms with van der Waals surface area (Å²) in [4.78, 5) is 10.9. The third-order valence-electron chi connectivity index (χ3n) is 3.54. The fourth-order valence-corrected chi connectivity index (χ4v) is 2.77. The maximum absolute atomic E-state index is 10.9. The monoisotopic (exact) mass is 253 g/mol. The average Bonchev–Trinajstić information content (AvgIpc) is 2.32. The molecule has 3 nitrogen and oxygen atoms in total. The molecule has 1 saturated carbocycles. The highest BCUT2D eigenvalue weighted by atomic mass is 16.5. The molecule has 18 heavy (non-hydrogen) atoms. The second-order valence-corrected chi connectivity index (χ2v) is 5.61. The highest BCUT2D eigenvalue weighted by Gasteiger charge is 2.23. The molecule has 1 N–H and O–H groups in total. The van der Waals surface area contributed by atoms with Gasteiger partial charge in [-0.05, 0) is 50.0 Å². The van der Waals surface area contributed by atoms with Gasteiger partial charge >= 0.3 is 0 Å². The summed E-state index contributed by atoms with van der Waals surface area (Å²) in [6.45, 7) is 9.57. The van der Waals surface area contributed by atoms with Crippen molar-refractivity contribution in [1.82, 2.24) is 5.32 Å². The van der Waals surface area contributed by atoms with E-state index in [1.807, 2.05) is 0 Å². The first-order valence-corrected chi connectivity index (χ1v) is 7.13. The quantitative estimate of drug-likeness (QED) is 0.559. The lowest BCUT2D eigenvalue weighted by Crippen LogP contribution is -2.27. The van der Waals surface area contributed by atoms with Crippen molar-refractivity contribution >= 4 is 5.91 Å². The number of carbonyl (C=O) groups excluding carboxylic acids is 1. The van der Waals surface area contributed by atoms with Crippen molar-refractivity contribution in [2.24, 2.45) is 11.8 Å². The molecule has 0 heterocycles. The first-order chi connectivity index (χ1) is 8.61. The van der Waals surface area contributed by atoms with Crippen LogP contribution in [0.15, 0.2) is 12.7 Å². The second-order valence-electron chi connectivity index (χ2n) is 5.61. The minimum atomic E-state index is -0.0918. The molecule has 0 aromatic heterocycles. The Bertz CT molecular complexity index is 255. The Hall–Kier alpha value is -0.830. The third-order valence-corrected chi connectivity index (χ3v) is 3.54. The summed E-state index contributed by atoms with van der Waals surface area (Å²) in [5.74, 6) is 1.50. The number of hydrogen-bond acceptors (Lipinski definition) is 2. The fourth-order valence-electron chi connectivity index (χ4n) is 2.77. The van der Waals surface area contributed by atoms with Crippen LogP contribution in [0.25, 0.3) is 0 Å². The summed E-state index contributed by atoms with van der Waals surface area (Å²) >= 11 is 0. The Kier molecular flexibility index (Phi) is 7.02. The molecule has 1 aliphatic rings. The normalized spacial score (nSPS) is 27.8. The smallest absolute Gasteiger partial charge is 0.243 e. The van der Waals surface area contributed by atoms with E-state index < -0.39 is 0 Å². The van der Waals surface area contributed by atoms with E-state index in [0.29, 0.717) is 12.6 Å². The molecule has 0 saturated heterocycles. The molecule has 0 aromatic carbocycles. The average molecular weight is 253 g/mol. The molecule has 0 spiro atoms. The number of rotatable bonds is 7. The summed E-state index contributed by atoms with van der Waals surface area (Å²) in [6.07, 6.45) is 7.49. The van der Waals surface area contributed by atoms with Crippen LogP contribution < -0.4 is 5.32 Å². The van der Waals surface area contributed by atoms with E-state index in [-0.39, 0.29) is 5.91 Å². The summed E-state index contributed by atoms with van der Waals surface area (Å²) in [6, 6.07) is 0. The van der Waals surface area contributed by atoms with Crippen molar-refractivity contribution in [3.05, 3.63) is 12.7 Å². The van der Waals surface area contributed by atoms with E-state index in [2.05, 4.69) is 25.7 Å². The van der Waals surface area contributed by atoms with Gasteiger partial charge in [-0.15, -0.1) is 0 Å². The Morgan fingerprint density at radius 1 is 1.28 bits per heavy atom. The van der Waals surface area contributed by atoms with E-state index in [1.54, 1.807) is 0 Å². The van der Waals surface area contributed by atoms with Crippen LogP contribution >= 0.6 is 0 Å². The Morgan fingerprint density at radius 3 is 2.56 bits per heavy atom. The van der Waals surface area contributed by atoms with E-state index in [1.165, 1.54) is 25.3 Å². The lowest BCUT2D eigenvalue weighted by Gasteiger charge is -2.31. The fraction of sp³-hybridized carbons (Fsp3) is 0.800. The van der Waals surface area contributed by atoms with Gasteiger partial charge in [-0.1, -0.05) is 20.4 Å². The standard InChI is InChI=1S/C15H27NO2/c1-4-15(17)16-7-5-6-8-18-14-10-12(2)9-13(3)11-14/h4,12-14H,1,5-11H2,2-3H3,(H,16,17). The first kappa shape index (κ1) is 15.2. The number of ether oxygens (including phenoxy) is 1. The van der Waals surface area contributed by atoms with E-state index in [4.69, 9.17) is 4.74 Å². The number of amides is 1. The van der Waals surface area contributed by atoms with Gasteiger partial charge in [-0.25, -0.2) is 0 Å². The molecule has 0 aromatic rings. The van der Waals surface area contributed by atoms with Crippen molar-refractivity contribution < 1.29 is 9.53 Å². The number of nitrogens with one attached hydrogen (secondary N) is 1. The van der Waals surface area contributed by atoms with Crippen LogP contribution in [-0.2, 0) is 9.53 Å². The van der Waals surface area contributed by atoms with Crippen LogP contribution in [0.1, 0.15) is 46.0 Å².